The molecule has 4 rings (SSSR count). The van der Waals surface area contributed by atoms with Gasteiger partial charge in [0, 0.05) is 36.6 Å². The Kier molecular flexibility index (Phi) is 5.08. The van der Waals surface area contributed by atoms with Gasteiger partial charge in [-0.15, -0.1) is 0 Å². The number of hydrogen-bond acceptors (Lipinski definition) is 4. The van der Waals surface area contributed by atoms with E-state index in [9.17, 15) is 4.79 Å². The lowest BCUT2D eigenvalue weighted by molar-refractivity contribution is -0.119. The molecule has 0 spiro atoms. The predicted molar refractivity (Wildman–Crippen MR) is 119 cm³/mol. The third-order valence-electron chi connectivity index (χ3n) is 5.66. The maximum absolute atomic E-state index is 11.6. The van der Waals surface area contributed by atoms with Crippen molar-refractivity contribution in [1.29, 1.82) is 0 Å². The third kappa shape index (κ3) is 3.81. The number of aliphatic imine (C=N–C) groups is 1. The van der Waals surface area contributed by atoms with Gasteiger partial charge in [-0.25, -0.2) is 0 Å². The minimum absolute atomic E-state index is 0.0439. The van der Waals surface area contributed by atoms with Crippen LogP contribution in [0.5, 0.6) is 11.5 Å². The molecule has 2 heterocycles. The van der Waals surface area contributed by atoms with Gasteiger partial charge in [0.25, 0.3) is 0 Å². The third-order valence-corrected chi connectivity index (χ3v) is 5.66. The maximum Gasteiger partial charge on any atom is 0.216 e. The van der Waals surface area contributed by atoms with Crippen molar-refractivity contribution in [2.24, 2.45) is 4.99 Å². The van der Waals surface area contributed by atoms with Crippen LogP contribution in [0.3, 0.4) is 0 Å². The molecule has 0 radical (unpaired) electrons. The summed E-state index contributed by atoms with van der Waals surface area (Å²) >= 11 is 0. The summed E-state index contributed by atoms with van der Waals surface area (Å²) in [6, 6.07) is 12.4. The van der Waals surface area contributed by atoms with Gasteiger partial charge < -0.3 is 14.8 Å². The first-order valence-corrected chi connectivity index (χ1v) is 10.6. The maximum atomic E-state index is 11.6. The summed E-state index contributed by atoms with van der Waals surface area (Å²) in [5, 5.41) is 2.96. The molecular weight excluding hydrogens is 376 g/mol. The van der Waals surface area contributed by atoms with Gasteiger partial charge in [0.05, 0.1) is 17.9 Å². The van der Waals surface area contributed by atoms with Crippen LogP contribution in [0, 0.1) is 0 Å². The second kappa shape index (κ2) is 7.46. The lowest BCUT2D eigenvalue weighted by atomic mass is 9.80. The number of hydrogen-bond donors (Lipinski definition) is 1. The van der Waals surface area contributed by atoms with Gasteiger partial charge in [0.1, 0.15) is 5.60 Å². The van der Waals surface area contributed by atoms with E-state index in [1.165, 1.54) is 11.1 Å². The van der Waals surface area contributed by atoms with Crippen LogP contribution in [-0.4, -0.2) is 35.9 Å². The number of benzene rings is 2. The highest BCUT2D eigenvalue weighted by Crippen LogP contribution is 2.48. The Morgan fingerprint density at radius 2 is 1.93 bits per heavy atom. The topological polar surface area (TPSA) is 59.9 Å². The Balaban J connectivity index is 1.92. The van der Waals surface area contributed by atoms with Crippen molar-refractivity contribution in [1.82, 2.24) is 5.32 Å². The van der Waals surface area contributed by atoms with E-state index in [0.29, 0.717) is 13.2 Å². The van der Waals surface area contributed by atoms with Crippen molar-refractivity contribution in [3.63, 3.8) is 0 Å². The average molecular weight is 407 g/mol. The highest BCUT2D eigenvalue weighted by molar-refractivity contribution is 6.16. The fourth-order valence-corrected chi connectivity index (χ4v) is 4.47. The summed E-state index contributed by atoms with van der Waals surface area (Å²) in [5.74, 6) is 1.60. The Morgan fingerprint density at radius 3 is 2.60 bits per heavy atom. The zero-order chi connectivity index (χ0) is 21.5. The summed E-state index contributed by atoms with van der Waals surface area (Å²) in [7, 11) is 0. The Bertz CT molecular complexity index is 1010. The van der Waals surface area contributed by atoms with Crippen LogP contribution in [0.1, 0.15) is 56.9 Å². The summed E-state index contributed by atoms with van der Waals surface area (Å²) < 4.78 is 12.3. The van der Waals surface area contributed by atoms with Crippen molar-refractivity contribution < 1.29 is 14.3 Å². The summed E-state index contributed by atoms with van der Waals surface area (Å²) in [5.41, 5.74) is 4.84. The van der Waals surface area contributed by atoms with E-state index >= 15 is 0 Å². The zero-order valence-corrected chi connectivity index (χ0v) is 18.5. The quantitative estimate of drug-likeness (QED) is 0.814. The van der Waals surface area contributed by atoms with E-state index in [0.717, 1.165) is 41.2 Å². The first-order chi connectivity index (χ1) is 14.2. The molecule has 30 heavy (non-hydrogen) atoms. The molecule has 1 atom stereocenters. The number of nitrogens with zero attached hydrogens (tertiary/aromatic N) is 1. The van der Waals surface area contributed by atoms with Crippen LogP contribution in [0.2, 0.25) is 0 Å². The van der Waals surface area contributed by atoms with Crippen molar-refractivity contribution >= 4 is 11.6 Å². The van der Waals surface area contributed by atoms with Crippen LogP contribution >= 0.6 is 0 Å². The standard InChI is InChI=1S/C25H30N2O3/c1-6-29-20-12-18-13-25(5,15-26-16(2)28)27-22(17-10-8-7-9-11-17)21(18)19-14-24(3,4)30-23(19)20/h7-12H,6,13-15H2,1-5H3,(H,26,28). The predicted octanol–water partition coefficient (Wildman–Crippen LogP) is 4.09. The smallest absolute Gasteiger partial charge is 0.216 e. The molecule has 2 aliphatic heterocycles. The molecule has 2 aliphatic rings. The van der Waals surface area contributed by atoms with Gasteiger partial charge in [-0.3, -0.25) is 9.79 Å². The fraction of sp³-hybridized carbons (Fsp3) is 0.440. The van der Waals surface area contributed by atoms with Crippen LogP contribution in [0.15, 0.2) is 41.4 Å². The average Bonchev–Trinajstić information content (AvgIpc) is 3.02. The number of carbonyl (C=O) groups excluding carboxylic acids is 1. The first-order valence-electron chi connectivity index (χ1n) is 10.6. The van der Waals surface area contributed by atoms with Crippen LogP contribution in [0.4, 0.5) is 0 Å². The van der Waals surface area contributed by atoms with E-state index < -0.39 is 5.54 Å². The second-order valence-corrected chi connectivity index (χ2v) is 9.10. The number of amides is 1. The van der Waals surface area contributed by atoms with Crippen LogP contribution in [-0.2, 0) is 17.6 Å². The van der Waals surface area contributed by atoms with E-state index in [1.807, 2.05) is 25.1 Å². The molecule has 0 saturated carbocycles. The molecule has 2 aromatic carbocycles. The molecule has 5 nitrogen and oxygen atoms in total. The molecule has 0 aliphatic carbocycles. The molecular formula is C25H30N2O3. The van der Waals surface area contributed by atoms with Crippen molar-refractivity contribution in [2.45, 2.75) is 58.6 Å². The van der Waals surface area contributed by atoms with E-state index in [4.69, 9.17) is 14.5 Å². The molecule has 2 aromatic rings. The lowest BCUT2D eigenvalue weighted by Gasteiger charge is -2.34. The SMILES string of the molecule is CCOc1cc2c(c3c1OC(C)(C)C3)C(c1ccccc1)=NC(C)(CNC(C)=O)C2. The highest BCUT2D eigenvalue weighted by atomic mass is 16.5. The summed E-state index contributed by atoms with van der Waals surface area (Å²) in [6.07, 6.45) is 1.53. The molecule has 5 heteroatoms. The van der Waals surface area contributed by atoms with Crippen molar-refractivity contribution in [3.8, 4) is 11.5 Å². The molecule has 0 fully saturated rings. The Morgan fingerprint density at radius 1 is 1.20 bits per heavy atom. The minimum atomic E-state index is -0.434. The largest absolute Gasteiger partial charge is 0.490 e. The molecule has 1 amide bonds. The summed E-state index contributed by atoms with van der Waals surface area (Å²) in [6.45, 7) is 10.9. The van der Waals surface area contributed by atoms with Gasteiger partial charge in [-0.05, 0) is 45.7 Å². The molecule has 158 valence electrons. The molecule has 0 aromatic heterocycles. The number of carbonyl (C=O) groups is 1. The molecule has 0 saturated heterocycles. The Hall–Kier alpha value is -2.82. The first kappa shape index (κ1) is 20.5. The normalized spacial score (nSPS) is 21.2. The minimum Gasteiger partial charge on any atom is -0.490 e. The molecule has 0 bridgehead atoms. The van der Waals surface area contributed by atoms with E-state index in [-0.39, 0.29) is 11.5 Å². The van der Waals surface area contributed by atoms with Crippen molar-refractivity contribution in [3.05, 3.63) is 58.7 Å². The molecule has 1 unspecified atom stereocenters. The lowest BCUT2D eigenvalue weighted by Crippen LogP contribution is -2.43. The van der Waals surface area contributed by atoms with Gasteiger partial charge in [0.2, 0.25) is 5.91 Å². The Labute approximate surface area is 178 Å². The van der Waals surface area contributed by atoms with E-state index in [1.54, 1.807) is 6.92 Å². The number of ether oxygens (including phenoxy) is 2. The highest BCUT2D eigenvalue weighted by Gasteiger charge is 2.40. The van der Waals surface area contributed by atoms with Gasteiger partial charge >= 0.3 is 0 Å². The molecule has 1 N–H and O–H groups in total. The number of rotatable bonds is 5. The van der Waals surface area contributed by atoms with Gasteiger partial charge in [0.15, 0.2) is 11.5 Å². The van der Waals surface area contributed by atoms with E-state index in [2.05, 4.69) is 44.3 Å². The fourth-order valence-electron chi connectivity index (χ4n) is 4.47. The van der Waals surface area contributed by atoms with Gasteiger partial charge in [-0.1, -0.05) is 30.3 Å². The van der Waals surface area contributed by atoms with Crippen LogP contribution < -0.4 is 14.8 Å². The second-order valence-electron chi connectivity index (χ2n) is 9.10. The number of fused-ring (bicyclic) bond motifs is 3. The summed E-state index contributed by atoms with van der Waals surface area (Å²) in [4.78, 5) is 16.8. The number of nitrogens with one attached hydrogen (secondary N) is 1. The van der Waals surface area contributed by atoms with Crippen molar-refractivity contribution in [2.75, 3.05) is 13.2 Å². The monoisotopic (exact) mass is 406 g/mol. The van der Waals surface area contributed by atoms with Crippen LogP contribution in [0.25, 0.3) is 0 Å². The van der Waals surface area contributed by atoms with Gasteiger partial charge in [-0.2, -0.15) is 0 Å². The zero-order valence-electron chi connectivity index (χ0n) is 18.5.